The average Bonchev–Trinajstić information content (AvgIpc) is 0.900. The number of rotatable bonds is 90. The van der Waals surface area contributed by atoms with Gasteiger partial charge in [0.15, 0.2) is 12.2 Å². The van der Waals surface area contributed by atoms with Crippen molar-refractivity contribution in [1.82, 2.24) is 0 Å². The van der Waals surface area contributed by atoms with Gasteiger partial charge in [-0.3, -0.25) is 37.3 Å². The molecule has 0 fully saturated rings. The van der Waals surface area contributed by atoms with Crippen molar-refractivity contribution < 1.29 is 80.2 Å². The molecule has 648 valence electrons. The number of aliphatic hydroxyl groups is 1. The van der Waals surface area contributed by atoms with Gasteiger partial charge in [0.05, 0.1) is 26.4 Å². The van der Waals surface area contributed by atoms with Gasteiger partial charge in [0.1, 0.15) is 19.3 Å². The highest BCUT2D eigenvalue weighted by atomic mass is 31.2. The van der Waals surface area contributed by atoms with E-state index in [9.17, 15) is 43.2 Å². The second kappa shape index (κ2) is 82.6. The molecule has 0 heterocycles. The van der Waals surface area contributed by atoms with Crippen molar-refractivity contribution in [3.8, 4) is 0 Å². The minimum atomic E-state index is -4.97. The van der Waals surface area contributed by atoms with Crippen LogP contribution in [0.5, 0.6) is 0 Å². The topological polar surface area (TPSA) is 237 Å². The fourth-order valence-electron chi connectivity index (χ4n) is 14.2. The summed E-state index contributed by atoms with van der Waals surface area (Å²) in [4.78, 5) is 73.4. The highest BCUT2D eigenvalue weighted by Crippen LogP contribution is 2.45. The fourth-order valence-corrected chi connectivity index (χ4v) is 15.8. The second-order valence-corrected chi connectivity index (χ2v) is 35.7. The van der Waals surface area contributed by atoms with E-state index in [-0.39, 0.29) is 25.7 Å². The molecule has 0 radical (unpaired) electrons. The Morgan fingerprint density at radius 2 is 0.422 bits per heavy atom. The van der Waals surface area contributed by atoms with Crippen molar-refractivity contribution in [3.05, 3.63) is 0 Å². The number of unbranched alkanes of at least 4 members (excludes halogenated alkanes) is 62. The maximum atomic E-state index is 13.2. The molecule has 0 aromatic rings. The standard InChI is InChI=1S/C90H176O17P2/c1-6-9-12-15-18-21-24-27-29-31-33-35-37-39-45-50-55-60-65-70-75-89(94)106-86(80-101-88(93)74-69-64-59-54-49-44-38-36-34-32-30-28-25-22-19-16-13-10-7-2)82-105-109(98,99)103-78-84(91)77-102-108(96,97)104-81-85(79-100-87(92)73-68-63-58-53-48-42-26-23-20-17-14-11-8-3)107-90(95)76-71-66-61-56-51-46-41-40-43-47-52-57-62-67-72-83(4)5/h83-86,91H,6-82H2,1-5H3,(H,96,97)(H,98,99)/t84-,85+,86+/m0/s1. The van der Waals surface area contributed by atoms with Crippen molar-refractivity contribution >= 4 is 39.5 Å². The lowest BCUT2D eigenvalue weighted by molar-refractivity contribution is -0.161. The van der Waals surface area contributed by atoms with Gasteiger partial charge >= 0.3 is 39.5 Å². The summed E-state index contributed by atoms with van der Waals surface area (Å²) < 4.78 is 69.1. The molecular formula is C90H176O17P2. The molecule has 0 rings (SSSR count). The molecule has 3 N–H and O–H groups in total. The van der Waals surface area contributed by atoms with Crippen LogP contribution in [0.4, 0.5) is 0 Å². The van der Waals surface area contributed by atoms with E-state index in [1.54, 1.807) is 0 Å². The molecule has 0 aromatic carbocycles. The maximum Gasteiger partial charge on any atom is 0.472 e. The van der Waals surface area contributed by atoms with E-state index in [4.69, 9.17) is 37.0 Å². The Hall–Kier alpha value is -1.94. The third-order valence-corrected chi connectivity index (χ3v) is 23.2. The van der Waals surface area contributed by atoms with Crippen molar-refractivity contribution in [2.45, 2.75) is 509 Å². The number of hydrogen-bond acceptors (Lipinski definition) is 15. The first-order valence-corrected chi connectivity index (χ1v) is 49.6. The van der Waals surface area contributed by atoms with Gasteiger partial charge in [-0.25, -0.2) is 9.13 Å². The van der Waals surface area contributed by atoms with Crippen LogP contribution in [0.1, 0.15) is 490 Å². The number of carbonyl (C=O) groups excluding carboxylic acids is 4. The molecule has 0 bridgehead atoms. The quantitative estimate of drug-likeness (QED) is 0.0222. The molecule has 0 aliphatic rings. The summed E-state index contributed by atoms with van der Waals surface area (Å²) in [6.07, 6.45) is 77.7. The van der Waals surface area contributed by atoms with E-state index in [0.29, 0.717) is 25.7 Å². The van der Waals surface area contributed by atoms with Crippen molar-refractivity contribution in [2.24, 2.45) is 5.92 Å². The highest BCUT2D eigenvalue weighted by molar-refractivity contribution is 7.47. The SMILES string of the molecule is CCCCCCCCCCCCCCCCCCCCCCC(=O)O[C@H](COC(=O)CCCCCCCCCCCCCCCCCCCCC)COP(=O)(O)OC[C@@H](O)COP(=O)(O)OC[C@@H](COC(=O)CCCCCCCCCCCCCCC)OC(=O)CCCCCCCCCCCCCCCCC(C)C. The molecule has 0 aliphatic carbocycles. The van der Waals surface area contributed by atoms with Crippen LogP contribution in [0.2, 0.25) is 0 Å². The molecule has 5 atom stereocenters. The maximum absolute atomic E-state index is 13.2. The fraction of sp³-hybridized carbons (Fsp3) is 0.956. The van der Waals surface area contributed by atoms with Crippen molar-refractivity contribution in [1.29, 1.82) is 0 Å². The Labute approximate surface area is 670 Å². The van der Waals surface area contributed by atoms with E-state index < -0.39 is 97.5 Å². The monoisotopic (exact) mass is 1590 g/mol. The Bertz CT molecular complexity index is 2070. The molecule has 109 heavy (non-hydrogen) atoms. The van der Waals surface area contributed by atoms with E-state index in [1.165, 1.54) is 315 Å². The molecule has 0 saturated carbocycles. The average molecular weight is 1590 g/mol. The number of esters is 4. The van der Waals surface area contributed by atoms with Gasteiger partial charge in [0, 0.05) is 25.7 Å². The van der Waals surface area contributed by atoms with Crippen molar-refractivity contribution in [3.63, 3.8) is 0 Å². The number of phosphoric ester groups is 2. The van der Waals surface area contributed by atoms with E-state index in [2.05, 4.69) is 34.6 Å². The lowest BCUT2D eigenvalue weighted by Crippen LogP contribution is -2.30. The summed E-state index contributed by atoms with van der Waals surface area (Å²) in [6.45, 7) is 7.42. The predicted molar refractivity (Wildman–Crippen MR) is 451 cm³/mol. The van der Waals surface area contributed by atoms with E-state index >= 15 is 0 Å². The molecule has 0 aromatic heterocycles. The number of phosphoric acid groups is 2. The summed E-state index contributed by atoms with van der Waals surface area (Å²) in [7, 11) is -9.93. The summed E-state index contributed by atoms with van der Waals surface area (Å²) in [5.41, 5.74) is 0. The summed E-state index contributed by atoms with van der Waals surface area (Å²) in [6, 6.07) is 0. The molecule has 0 aliphatic heterocycles. The lowest BCUT2D eigenvalue weighted by atomic mass is 10.0. The van der Waals surface area contributed by atoms with Crippen LogP contribution in [0, 0.1) is 5.92 Å². The minimum absolute atomic E-state index is 0.109. The van der Waals surface area contributed by atoms with Crippen LogP contribution in [-0.2, 0) is 65.4 Å². The van der Waals surface area contributed by atoms with Gasteiger partial charge < -0.3 is 33.8 Å². The van der Waals surface area contributed by atoms with Crippen LogP contribution in [-0.4, -0.2) is 96.7 Å². The predicted octanol–water partition coefficient (Wildman–Crippen LogP) is 27.9. The van der Waals surface area contributed by atoms with Gasteiger partial charge in [-0.2, -0.15) is 0 Å². The smallest absolute Gasteiger partial charge is 0.462 e. The van der Waals surface area contributed by atoms with Crippen LogP contribution in [0.3, 0.4) is 0 Å². The molecule has 0 amide bonds. The Morgan fingerprint density at radius 1 is 0.248 bits per heavy atom. The van der Waals surface area contributed by atoms with Gasteiger partial charge in [0.2, 0.25) is 0 Å². The minimum Gasteiger partial charge on any atom is -0.462 e. The molecule has 17 nitrogen and oxygen atoms in total. The zero-order chi connectivity index (χ0) is 79.7. The number of aliphatic hydroxyl groups excluding tert-OH is 1. The first-order chi connectivity index (χ1) is 53.0. The number of hydrogen-bond donors (Lipinski definition) is 3. The zero-order valence-corrected chi connectivity index (χ0v) is 73.5. The number of ether oxygens (including phenoxy) is 4. The van der Waals surface area contributed by atoms with E-state index in [0.717, 1.165) is 95.8 Å². The van der Waals surface area contributed by atoms with Crippen molar-refractivity contribution in [2.75, 3.05) is 39.6 Å². The van der Waals surface area contributed by atoms with Crippen LogP contribution in [0.25, 0.3) is 0 Å². The largest absolute Gasteiger partial charge is 0.472 e. The highest BCUT2D eigenvalue weighted by Gasteiger charge is 2.31. The van der Waals surface area contributed by atoms with Gasteiger partial charge in [-0.05, 0) is 31.6 Å². The second-order valence-electron chi connectivity index (χ2n) is 32.8. The zero-order valence-electron chi connectivity index (χ0n) is 71.7. The molecule has 0 saturated heterocycles. The third kappa shape index (κ3) is 83.8. The van der Waals surface area contributed by atoms with Gasteiger partial charge in [-0.15, -0.1) is 0 Å². The first-order valence-electron chi connectivity index (χ1n) is 46.6. The molecule has 2 unspecified atom stereocenters. The van der Waals surface area contributed by atoms with Crippen LogP contribution < -0.4 is 0 Å². The third-order valence-electron chi connectivity index (χ3n) is 21.3. The molecule has 19 heteroatoms. The summed E-state index contributed by atoms with van der Waals surface area (Å²) >= 11 is 0. The van der Waals surface area contributed by atoms with Gasteiger partial charge in [0.25, 0.3) is 0 Å². The molecule has 0 spiro atoms. The normalized spacial score (nSPS) is 13.7. The Kier molecular flexibility index (Phi) is 81.1. The molecular weight excluding hydrogens is 1410 g/mol. The summed E-state index contributed by atoms with van der Waals surface area (Å²) in [5, 5.41) is 10.7. The van der Waals surface area contributed by atoms with Gasteiger partial charge in [-0.1, -0.05) is 439 Å². The summed E-state index contributed by atoms with van der Waals surface area (Å²) in [5.74, 6) is -1.30. The van der Waals surface area contributed by atoms with Crippen LogP contribution in [0.15, 0.2) is 0 Å². The Morgan fingerprint density at radius 3 is 0.624 bits per heavy atom. The Balaban J connectivity index is 5.26. The lowest BCUT2D eigenvalue weighted by Gasteiger charge is -2.21. The number of carbonyl (C=O) groups is 4. The van der Waals surface area contributed by atoms with E-state index in [1.807, 2.05) is 0 Å². The van der Waals surface area contributed by atoms with Crippen LogP contribution >= 0.6 is 15.6 Å². The first kappa shape index (κ1) is 107.